The van der Waals surface area contributed by atoms with E-state index in [4.69, 9.17) is 11.2 Å². The van der Waals surface area contributed by atoms with Gasteiger partial charge in [-0.25, -0.2) is 0 Å². The largest absolute Gasteiger partial charge is 0.494 e. The summed E-state index contributed by atoms with van der Waals surface area (Å²) in [5.74, 6) is 2.99. The molecule has 0 aliphatic rings. The first-order valence-electron chi connectivity index (χ1n) is 6.01. The third-order valence-electron chi connectivity index (χ3n) is 2.47. The number of carbonyl (C=O) groups is 1. The maximum absolute atomic E-state index is 11.5. The van der Waals surface area contributed by atoms with Gasteiger partial charge in [-0.2, -0.15) is 4.68 Å². The Bertz CT molecular complexity index is 665. The van der Waals surface area contributed by atoms with Gasteiger partial charge in [0.25, 0.3) is 0 Å². The molecule has 1 aromatic carbocycles. The van der Waals surface area contributed by atoms with E-state index in [9.17, 15) is 4.79 Å². The van der Waals surface area contributed by atoms with E-state index in [0.717, 1.165) is 0 Å². The summed E-state index contributed by atoms with van der Waals surface area (Å²) < 4.78 is 6.80. The monoisotopic (exact) mass is 303 g/mol. The predicted octanol–water partition coefficient (Wildman–Crippen LogP) is 0.512. The number of para-hydroxylation sites is 2. The molecule has 0 spiro atoms. The molecule has 0 aliphatic heterocycles. The van der Waals surface area contributed by atoms with E-state index < -0.39 is 0 Å². The molecule has 1 amide bonds. The Balaban J connectivity index is 2.12. The lowest BCUT2D eigenvalue weighted by Gasteiger charge is -2.08. The summed E-state index contributed by atoms with van der Waals surface area (Å²) in [7, 11) is 1.57. The summed E-state index contributed by atoms with van der Waals surface area (Å²) in [6.07, 6.45) is 5.08. The fraction of sp³-hybridized carbons (Fsp3) is 0.231. The number of terminal acetylenes is 1. The van der Waals surface area contributed by atoms with Gasteiger partial charge < -0.3 is 10.1 Å². The van der Waals surface area contributed by atoms with Crippen molar-refractivity contribution in [3.05, 3.63) is 24.3 Å². The van der Waals surface area contributed by atoms with E-state index >= 15 is 0 Å². The van der Waals surface area contributed by atoms with Gasteiger partial charge in [0.2, 0.25) is 11.1 Å². The Morgan fingerprint density at radius 2 is 2.33 bits per heavy atom. The number of rotatable bonds is 6. The van der Waals surface area contributed by atoms with Crippen LogP contribution in [0.5, 0.6) is 5.75 Å². The van der Waals surface area contributed by atoms with Crippen molar-refractivity contribution >= 4 is 17.7 Å². The molecule has 1 N–H and O–H groups in total. The van der Waals surface area contributed by atoms with E-state index in [1.165, 1.54) is 16.4 Å². The molecular formula is C13H13N5O2S. The molecule has 2 rings (SSSR count). The van der Waals surface area contributed by atoms with Crippen LogP contribution in [0.4, 0.5) is 0 Å². The Hall–Kier alpha value is -2.53. The van der Waals surface area contributed by atoms with E-state index in [0.29, 0.717) is 16.6 Å². The highest BCUT2D eigenvalue weighted by molar-refractivity contribution is 7.99. The number of methoxy groups -OCH3 is 1. The van der Waals surface area contributed by atoms with Crippen molar-refractivity contribution in [3.63, 3.8) is 0 Å². The Labute approximate surface area is 126 Å². The number of carbonyl (C=O) groups excluding carboxylic acids is 1. The van der Waals surface area contributed by atoms with Crippen LogP contribution in [-0.2, 0) is 4.79 Å². The predicted molar refractivity (Wildman–Crippen MR) is 78.3 cm³/mol. The minimum Gasteiger partial charge on any atom is -0.494 e. The van der Waals surface area contributed by atoms with Gasteiger partial charge >= 0.3 is 0 Å². The number of hydrogen-bond donors (Lipinski definition) is 1. The SMILES string of the molecule is C#CCNC(=O)CSc1nnnn1-c1ccccc1OC. The van der Waals surface area contributed by atoms with Crippen LogP contribution >= 0.6 is 11.8 Å². The molecule has 0 fully saturated rings. The average molecular weight is 303 g/mol. The minimum atomic E-state index is -0.174. The second kappa shape index (κ2) is 7.31. The summed E-state index contributed by atoms with van der Waals surface area (Å²) >= 11 is 1.22. The number of ether oxygens (including phenoxy) is 1. The first kappa shape index (κ1) is 14.9. The van der Waals surface area contributed by atoms with Gasteiger partial charge in [0, 0.05) is 0 Å². The molecule has 0 unspecified atom stereocenters. The second-order valence-corrected chi connectivity index (χ2v) is 4.76. The quantitative estimate of drug-likeness (QED) is 0.618. The summed E-state index contributed by atoms with van der Waals surface area (Å²) in [6, 6.07) is 7.35. The van der Waals surface area contributed by atoms with Crippen LogP contribution in [0.25, 0.3) is 5.69 Å². The van der Waals surface area contributed by atoms with Crippen LogP contribution in [0.15, 0.2) is 29.4 Å². The van der Waals surface area contributed by atoms with Crippen molar-refractivity contribution in [1.29, 1.82) is 0 Å². The van der Waals surface area contributed by atoms with Crippen molar-refractivity contribution in [2.75, 3.05) is 19.4 Å². The van der Waals surface area contributed by atoms with E-state index in [1.54, 1.807) is 7.11 Å². The van der Waals surface area contributed by atoms with Gasteiger partial charge in [0.05, 0.1) is 19.4 Å². The fourth-order valence-electron chi connectivity index (χ4n) is 1.56. The summed E-state index contributed by atoms with van der Waals surface area (Å²) in [5, 5.41) is 14.5. The van der Waals surface area contributed by atoms with Crippen LogP contribution in [-0.4, -0.2) is 45.5 Å². The maximum Gasteiger partial charge on any atom is 0.231 e. The number of amides is 1. The van der Waals surface area contributed by atoms with Crippen molar-refractivity contribution in [2.24, 2.45) is 0 Å². The number of nitrogens with one attached hydrogen (secondary N) is 1. The zero-order valence-electron chi connectivity index (χ0n) is 11.3. The summed E-state index contributed by atoms with van der Waals surface area (Å²) in [4.78, 5) is 11.5. The molecule has 108 valence electrons. The minimum absolute atomic E-state index is 0.174. The summed E-state index contributed by atoms with van der Waals surface area (Å²) in [5.41, 5.74) is 0.705. The van der Waals surface area contributed by atoms with Crippen molar-refractivity contribution < 1.29 is 9.53 Å². The number of hydrogen-bond acceptors (Lipinski definition) is 6. The number of tetrazole rings is 1. The average Bonchev–Trinajstić information content (AvgIpc) is 2.99. The first-order valence-corrected chi connectivity index (χ1v) is 6.99. The van der Waals surface area contributed by atoms with Crippen LogP contribution < -0.4 is 10.1 Å². The lowest BCUT2D eigenvalue weighted by atomic mass is 10.3. The molecule has 8 heteroatoms. The highest BCUT2D eigenvalue weighted by atomic mass is 32.2. The van der Waals surface area contributed by atoms with Crippen LogP contribution in [0.2, 0.25) is 0 Å². The van der Waals surface area contributed by atoms with Gasteiger partial charge in [-0.3, -0.25) is 4.79 Å². The van der Waals surface area contributed by atoms with Gasteiger partial charge in [-0.15, -0.1) is 11.5 Å². The molecule has 0 aliphatic carbocycles. The Kier molecular flexibility index (Phi) is 5.17. The molecule has 0 saturated heterocycles. The van der Waals surface area contributed by atoms with Crippen molar-refractivity contribution in [2.45, 2.75) is 5.16 Å². The molecule has 0 atom stereocenters. The Morgan fingerprint density at radius 1 is 1.52 bits per heavy atom. The zero-order chi connectivity index (χ0) is 15.1. The van der Waals surface area contributed by atoms with E-state index in [1.807, 2.05) is 24.3 Å². The van der Waals surface area contributed by atoms with E-state index in [2.05, 4.69) is 26.8 Å². The van der Waals surface area contributed by atoms with Crippen LogP contribution in [0.1, 0.15) is 0 Å². The molecule has 1 aromatic heterocycles. The molecule has 0 saturated carbocycles. The topological polar surface area (TPSA) is 81.9 Å². The van der Waals surface area contributed by atoms with Crippen LogP contribution in [0, 0.1) is 12.3 Å². The maximum atomic E-state index is 11.5. The highest BCUT2D eigenvalue weighted by Crippen LogP contribution is 2.25. The normalized spacial score (nSPS) is 9.90. The van der Waals surface area contributed by atoms with Crippen LogP contribution in [0.3, 0.4) is 0 Å². The third-order valence-corrected chi connectivity index (χ3v) is 3.39. The standard InChI is InChI=1S/C13H13N5O2S/c1-3-8-14-12(19)9-21-13-15-16-17-18(13)10-6-4-5-7-11(10)20-2/h1,4-7H,8-9H2,2H3,(H,14,19). The molecule has 21 heavy (non-hydrogen) atoms. The molecule has 2 aromatic rings. The lowest BCUT2D eigenvalue weighted by Crippen LogP contribution is -2.25. The molecule has 7 nitrogen and oxygen atoms in total. The molecule has 0 bridgehead atoms. The van der Waals surface area contributed by atoms with Gasteiger partial charge in [-0.05, 0) is 22.6 Å². The van der Waals surface area contributed by atoms with Crippen molar-refractivity contribution in [3.8, 4) is 23.8 Å². The first-order chi connectivity index (χ1) is 10.3. The Morgan fingerprint density at radius 3 is 3.10 bits per heavy atom. The van der Waals surface area contributed by atoms with Gasteiger partial charge in [-0.1, -0.05) is 29.8 Å². The molecular weight excluding hydrogens is 290 g/mol. The summed E-state index contributed by atoms with van der Waals surface area (Å²) in [6.45, 7) is 0.205. The van der Waals surface area contributed by atoms with Gasteiger partial charge in [0.1, 0.15) is 11.4 Å². The van der Waals surface area contributed by atoms with Gasteiger partial charge in [0.15, 0.2) is 0 Å². The van der Waals surface area contributed by atoms with E-state index in [-0.39, 0.29) is 18.2 Å². The lowest BCUT2D eigenvalue weighted by molar-refractivity contribution is -0.118. The number of nitrogens with zero attached hydrogens (tertiary/aromatic N) is 4. The smallest absolute Gasteiger partial charge is 0.231 e. The fourth-order valence-corrected chi connectivity index (χ4v) is 2.27. The van der Waals surface area contributed by atoms with Crippen molar-refractivity contribution in [1.82, 2.24) is 25.5 Å². The second-order valence-electron chi connectivity index (χ2n) is 3.81. The number of benzene rings is 1. The highest BCUT2D eigenvalue weighted by Gasteiger charge is 2.14. The number of aromatic nitrogens is 4. The third kappa shape index (κ3) is 3.73. The zero-order valence-corrected chi connectivity index (χ0v) is 12.1. The molecule has 0 radical (unpaired) electrons. The molecule has 1 heterocycles. The number of thioether (sulfide) groups is 1.